The summed E-state index contributed by atoms with van der Waals surface area (Å²) in [4.78, 5) is 15.5. The number of amides is 1. The maximum absolute atomic E-state index is 12.5. The third-order valence-electron chi connectivity index (χ3n) is 3.43. The smallest absolute Gasteiger partial charge is 0.264 e. The first-order chi connectivity index (χ1) is 10.8. The van der Waals surface area contributed by atoms with Gasteiger partial charge in [-0.05, 0) is 36.4 Å². The number of rotatable bonds is 3. The van der Waals surface area contributed by atoms with Crippen LogP contribution in [0.4, 0.5) is 5.69 Å². The van der Waals surface area contributed by atoms with E-state index in [9.17, 15) is 4.79 Å². The van der Waals surface area contributed by atoms with Gasteiger partial charge in [0.25, 0.3) is 5.91 Å². The van der Waals surface area contributed by atoms with Crippen molar-refractivity contribution >= 4 is 35.0 Å². The molecular formula is C17H16ClNO2S. The highest BCUT2D eigenvalue weighted by atomic mass is 35.5. The molecule has 3 rings (SSSR count). The van der Waals surface area contributed by atoms with E-state index < -0.39 is 0 Å². The predicted octanol–water partition coefficient (Wildman–Crippen LogP) is 4.25. The number of hydrogen-bond acceptors (Lipinski definition) is 3. The summed E-state index contributed by atoms with van der Waals surface area (Å²) in [5.74, 6) is 1.51. The molecule has 0 N–H and O–H groups in total. The molecule has 5 heteroatoms. The number of nitrogens with zero attached hydrogens (tertiary/aromatic N) is 1. The van der Waals surface area contributed by atoms with Crippen LogP contribution in [0.15, 0.2) is 53.4 Å². The van der Waals surface area contributed by atoms with Gasteiger partial charge in [0.1, 0.15) is 5.75 Å². The molecule has 1 aliphatic rings. The molecule has 3 nitrogen and oxygen atoms in total. The average molecular weight is 334 g/mol. The van der Waals surface area contributed by atoms with Gasteiger partial charge in [-0.15, -0.1) is 11.8 Å². The van der Waals surface area contributed by atoms with Gasteiger partial charge in [0.05, 0.1) is 10.7 Å². The normalized spacial score (nSPS) is 14.1. The Morgan fingerprint density at radius 1 is 1.18 bits per heavy atom. The first-order valence-corrected chi connectivity index (χ1v) is 8.51. The Labute approximate surface area is 139 Å². The molecule has 114 valence electrons. The number of thioether (sulfide) groups is 1. The SMILES string of the molecule is O=C(COc1ccccc1Cl)N1CCCSc2ccccc21. The van der Waals surface area contributed by atoms with Gasteiger partial charge in [-0.25, -0.2) is 0 Å². The summed E-state index contributed by atoms with van der Waals surface area (Å²) in [5.41, 5.74) is 0.970. The quantitative estimate of drug-likeness (QED) is 0.841. The second-order valence-corrected chi connectivity index (χ2v) is 6.48. The van der Waals surface area contributed by atoms with E-state index >= 15 is 0 Å². The van der Waals surface area contributed by atoms with Crippen LogP contribution in [0.5, 0.6) is 5.75 Å². The Morgan fingerprint density at radius 3 is 2.82 bits per heavy atom. The standard InChI is InChI=1S/C17H16ClNO2S/c18-13-6-1-3-8-15(13)21-12-17(20)19-10-5-11-22-16-9-4-2-7-14(16)19/h1-4,6-9H,5,10-12H2. The van der Waals surface area contributed by atoms with Crippen LogP contribution < -0.4 is 9.64 Å². The van der Waals surface area contributed by atoms with Crippen molar-refractivity contribution in [3.63, 3.8) is 0 Å². The number of fused-ring (bicyclic) bond motifs is 1. The minimum absolute atomic E-state index is 0.0112. The van der Waals surface area contributed by atoms with Crippen molar-refractivity contribution in [2.75, 3.05) is 23.8 Å². The number of anilines is 1. The van der Waals surface area contributed by atoms with E-state index in [4.69, 9.17) is 16.3 Å². The number of benzene rings is 2. The van der Waals surface area contributed by atoms with Crippen LogP contribution in [0.2, 0.25) is 5.02 Å². The van der Waals surface area contributed by atoms with Crippen molar-refractivity contribution in [2.45, 2.75) is 11.3 Å². The van der Waals surface area contributed by atoms with E-state index in [1.165, 1.54) is 0 Å². The van der Waals surface area contributed by atoms with Gasteiger partial charge < -0.3 is 9.64 Å². The Kier molecular flexibility index (Phi) is 4.90. The zero-order valence-corrected chi connectivity index (χ0v) is 13.6. The Bertz CT molecular complexity index is 677. The topological polar surface area (TPSA) is 29.5 Å². The van der Waals surface area contributed by atoms with Gasteiger partial charge in [0.15, 0.2) is 6.61 Å². The van der Waals surface area contributed by atoms with Gasteiger partial charge in [0, 0.05) is 11.4 Å². The minimum atomic E-state index is -0.0464. The van der Waals surface area contributed by atoms with Crippen molar-refractivity contribution in [2.24, 2.45) is 0 Å². The van der Waals surface area contributed by atoms with Gasteiger partial charge in [-0.2, -0.15) is 0 Å². The molecule has 0 saturated carbocycles. The van der Waals surface area contributed by atoms with Crippen LogP contribution in [-0.2, 0) is 4.79 Å². The van der Waals surface area contributed by atoms with Crippen molar-refractivity contribution in [1.82, 2.24) is 0 Å². The lowest BCUT2D eigenvalue weighted by Crippen LogP contribution is -2.35. The molecular weight excluding hydrogens is 318 g/mol. The summed E-state index contributed by atoms with van der Waals surface area (Å²) in [5, 5.41) is 0.516. The number of hydrogen-bond donors (Lipinski definition) is 0. The largest absolute Gasteiger partial charge is 0.482 e. The highest BCUT2D eigenvalue weighted by Gasteiger charge is 2.21. The maximum Gasteiger partial charge on any atom is 0.264 e. The first kappa shape index (κ1) is 15.3. The molecule has 0 unspecified atom stereocenters. The monoisotopic (exact) mass is 333 g/mol. The van der Waals surface area contributed by atoms with Gasteiger partial charge >= 0.3 is 0 Å². The number of carbonyl (C=O) groups is 1. The molecule has 0 aromatic heterocycles. The summed E-state index contributed by atoms with van der Waals surface area (Å²) in [7, 11) is 0. The summed E-state index contributed by atoms with van der Waals surface area (Å²) >= 11 is 7.84. The van der Waals surface area contributed by atoms with Gasteiger partial charge in [-0.3, -0.25) is 4.79 Å². The fourth-order valence-electron chi connectivity index (χ4n) is 2.37. The average Bonchev–Trinajstić information content (AvgIpc) is 2.76. The zero-order valence-electron chi connectivity index (χ0n) is 12.0. The first-order valence-electron chi connectivity index (χ1n) is 7.15. The predicted molar refractivity (Wildman–Crippen MR) is 91.1 cm³/mol. The number of para-hydroxylation sites is 2. The number of carbonyl (C=O) groups excluding carboxylic acids is 1. The van der Waals surface area contributed by atoms with Crippen molar-refractivity contribution < 1.29 is 9.53 Å². The highest BCUT2D eigenvalue weighted by Crippen LogP contribution is 2.33. The molecule has 22 heavy (non-hydrogen) atoms. The van der Waals surface area contributed by atoms with Crippen LogP contribution in [0.1, 0.15) is 6.42 Å². The molecule has 0 aliphatic carbocycles. The van der Waals surface area contributed by atoms with Crippen LogP contribution in [0.25, 0.3) is 0 Å². The van der Waals surface area contributed by atoms with Crippen LogP contribution >= 0.6 is 23.4 Å². The molecule has 0 spiro atoms. The number of ether oxygens (including phenoxy) is 1. The lowest BCUT2D eigenvalue weighted by molar-refractivity contribution is -0.120. The molecule has 1 aliphatic heterocycles. The molecule has 0 fully saturated rings. The molecule has 2 aromatic rings. The van der Waals surface area contributed by atoms with E-state index in [2.05, 4.69) is 6.07 Å². The molecule has 0 atom stereocenters. The zero-order chi connectivity index (χ0) is 15.4. The molecule has 0 bridgehead atoms. The van der Waals surface area contributed by atoms with Crippen LogP contribution in [0, 0.1) is 0 Å². The summed E-state index contributed by atoms with van der Waals surface area (Å²) < 4.78 is 5.58. The highest BCUT2D eigenvalue weighted by molar-refractivity contribution is 7.99. The van der Waals surface area contributed by atoms with Crippen molar-refractivity contribution in [1.29, 1.82) is 0 Å². The Hall–Kier alpha value is -1.65. The van der Waals surface area contributed by atoms with Crippen molar-refractivity contribution in [3.05, 3.63) is 53.6 Å². The Balaban J connectivity index is 1.73. The van der Waals surface area contributed by atoms with Crippen molar-refractivity contribution in [3.8, 4) is 5.75 Å². The van der Waals surface area contributed by atoms with E-state index in [0.29, 0.717) is 17.3 Å². The minimum Gasteiger partial charge on any atom is -0.482 e. The fourth-order valence-corrected chi connectivity index (χ4v) is 3.55. The third-order valence-corrected chi connectivity index (χ3v) is 4.89. The Morgan fingerprint density at radius 2 is 1.95 bits per heavy atom. The van der Waals surface area contributed by atoms with E-state index in [-0.39, 0.29) is 12.5 Å². The lowest BCUT2D eigenvalue weighted by Gasteiger charge is -2.22. The van der Waals surface area contributed by atoms with E-state index in [1.807, 2.05) is 35.2 Å². The summed E-state index contributed by atoms with van der Waals surface area (Å²) in [6, 6.07) is 15.2. The maximum atomic E-state index is 12.5. The second kappa shape index (κ2) is 7.07. The van der Waals surface area contributed by atoms with Crippen LogP contribution in [-0.4, -0.2) is 24.8 Å². The van der Waals surface area contributed by atoms with E-state index in [1.54, 1.807) is 23.9 Å². The lowest BCUT2D eigenvalue weighted by atomic mass is 10.2. The third kappa shape index (κ3) is 3.39. The summed E-state index contributed by atoms with van der Waals surface area (Å²) in [6.45, 7) is 0.706. The van der Waals surface area contributed by atoms with Gasteiger partial charge in [-0.1, -0.05) is 35.9 Å². The molecule has 0 saturated heterocycles. The molecule has 1 heterocycles. The number of halogens is 1. The molecule has 1 amide bonds. The van der Waals surface area contributed by atoms with E-state index in [0.717, 1.165) is 22.8 Å². The second-order valence-electron chi connectivity index (χ2n) is 4.93. The molecule has 0 radical (unpaired) electrons. The van der Waals surface area contributed by atoms with Gasteiger partial charge in [0.2, 0.25) is 0 Å². The molecule has 2 aromatic carbocycles. The van der Waals surface area contributed by atoms with Crippen LogP contribution in [0.3, 0.4) is 0 Å². The fraction of sp³-hybridized carbons (Fsp3) is 0.235. The summed E-state index contributed by atoms with van der Waals surface area (Å²) in [6.07, 6.45) is 0.969.